The molecular formula is C18H32CuN8O8. The Bertz CT molecular complexity index is 721. The first kappa shape index (κ1) is 36.6. The van der Waals surface area contributed by atoms with Crippen LogP contribution in [-0.2, 0) is 41.0 Å². The minimum atomic E-state index is -1.22. The van der Waals surface area contributed by atoms with Crippen molar-refractivity contribution in [2.45, 2.75) is 37.8 Å². The van der Waals surface area contributed by atoms with Gasteiger partial charge in [0, 0.05) is 25.2 Å². The van der Waals surface area contributed by atoms with E-state index in [-0.39, 0.29) is 49.5 Å². The molecule has 0 aromatic rings. The van der Waals surface area contributed by atoms with Gasteiger partial charge in [-0.1, -0.05) is 0 Å². The predicted molar refractivity (Wildman–Crippen MR) is 117 cm³/mol. The Morgan fingerprint density at radius 1 is 0.943 bits per heavy atom. The van der Waals surface area contributed by atoms with E-state index in [1.165, 1.54) is 6.34 Å². The maximum atomic E-state index is 12.4. The van der Waals surface area contributed by atoms with E-state index in [2.05, 4.69) is 32.1 Å². The molecule has 203 valence electrons. The van der Waals surface area contributed by atoms with Gasteiger partial charge in [-0.2, -0.15) is 0 Å². The molecule has 1 aliphatic heterocycles. The standard InChI is InChI=1S/C14H24N6O4.2C2H5NO2.Cu/c15-4-2-1-3-10(14(23)24)20-13(22)11(19-12(21)6-16)5-9-7-17-8-18-9;2*3-1-2(4)5;/h8,10-11H,1-7,15-16H2,(H,19,21)(H,20,22)(H,23,24);2*1,3H2,(H,4,5);/q;;;+2/p-2/t10-,11-;;;/m0.../s1. The molecule has 17 heteroatoms. The molecule has 0 aliphatic carbocycles. The zero-order valence-corrected chi connectivity index (χ0v) is 19.8. The summed E-state index contributed by atoms with van der Waals surface area (Å²) < 4.78 is 0. The summed E-state index contributed by atoms with van der Waals surface area (Å²) in [5, 5.41) is 32.4. The van der Waals surface area contributed by atoms with E-state index in [0.717, 1.165) is 0 Å². The van der Waals surface area contributed by atoms with Crippen molar-refractivity contribution in [1.82, 2.24) is 10.6 Å². The van der Waals surface area contributed by atoms with Crippen LogP contribution in [-0.4, -0.2) is 91.7 Å². The van der Waals surface area contributed by atoms with Gasteiger partial charge >= 0.3 is 23.0 Å². The molecular weight excluding hydrogens is 520 g/mol. The predicted octanol–water partition coefficient (Wildman–Crippen LogP) is -6.61. The molecule has 0 saturated carbocycles. The van der Waals surface area contributed by atoms with Gasteiger partial charge in [-0.3, -0.25) is 14.6 Å². The number of nitrogens with zero attached hydrogens (tertiary/aromatic N) is 2. The molecule has 0 fully saturated rings. The summed E-state index contributed by atoms with van der Waals surface area (Å²) >= 11 is 0. The first-order chi connectivity index (χ1) is 16.0. The molecule has 0 unspecified atom stereocenters. The van der Waals surface area contributed by atoms with Crippen molar-refractivity contribution < 1.29 is 56.4 Å². The Morgan fingerprint density at radius 2 is 1.49 bits per heavy atom. The zero-order valence-electron chi connectivity index (χ0n) is 18.9. The van der Waals surface area contributed by atoms with Gasteiger partial charge in [-0.25, -0.2) is 9.79 Å². The number of nitrogens with two attached hydrogens (primary N) is 4. The molecule has 1 aliphatic rings. The number of carbonyl (C=O) groups excluding carboxylic acids is 4. The van der Waals surface area contributed by atoms with E-state index in [1.54, 1.807) is 0 Å². The number of aliphatic imine (C=N–C) groups is 2. The largest absolute Gasteiger partial charge is 2.00 e. The fourth-order valence-electron chi connectivity index (χ4n) is 2.15. The van der Waals surface area contributed by atoms with Gasteiger partial charge in [0.05, 0.1) is 25.0 Å². The smallest absolute Gasteiger partial charge is 0.549 e. The van der Waals surface area contributed by atoms with E-state index in [9.17, 15) is 19.5 Å². The molecule has 16 nitrogen and oxygen atoms in total. The number of unbranched alkanes of at least 4 members (excludes halogenated alkanes) is 1. The van der Waals surface area contributed by atoms with Gasteiger partial charge in [0.25, 0.3) is 0 Å². The SMILES string of the molecule is NCC(=O)[O-].NCC(=O)[O-].NCCCC[C@H](NC(=O)[C@H](CC1=NC=NC1)NC(=O)CN)C(=O)O.[Cu+2]. The number of carboxylic acid groups (broad SMARTS) is 3. The van der Waals surface area contributed by atoms with Crippen LogP contribution in [0.5, 0.6) is 0 Å². The minimum absolute atomic E-state index is 0. The van der Waals surface area contributed by atoms with E-state index in [1.807, 2.05) is 0 Å². The van der Waals surface area contributed by atoms with Crippen LogP contribution in [0.2, 0.25) is 0 Å². The van der Waals surface area contributed by atoms with Gasteiger partial charge < -0.3 is 58.5 Å². The van der Waals surface area contributed by atoms with Crippen LogP contribution < -0.4 is 43.8 Å². The molecule has 2 amide bonds. The molecule has 1 rings (SSSR count). The molecule has 35 heavy (non-hydrogen) atoms. The van der Waals surface area contributed by atoms with Gasteiger partial charge in [0.1, 0.15) is 18.4 Å². The first-order valence-corrected chi connectivity index (χ1v) is 10.1. The fraction of sp³-hybridized carbons (Fsp3) is 0.611. The number of hydrogen-bond donors (Lipinski definition) is 7. The van der Waals surface area contributed by atoms with Gasteiger partial charge in [-0.15, -0.1) is 0 Å². The van der Waals surface area contributed by atoms with Crippen molar-refractivity contribution in [3.63, 3.8) is 0 Å². The van der Waals surface area contributed by atoms with Crippen LogP contribution in [0, 0.1) is 0 Å². The van der Waals surface area contributed by atoms with Crippen molar-refractivity contribution in [3.05, 3.63) is 0 Å². The van der Waals surface area contributed by atoms with E-state index in [0.29, 0.717) is 31.6 Å². The van der Waals surface area contributed by atoms with Crippen LogP contribution in [0.25, 0.3) is 0 Å². The van der Waals surface area contributed by atoms with E-state index >= 15 is 0 Å². The number of hydrogen-bond acceptors (Lipinski definition) is 13. The van der Waals surface area contributed by atoms with Crippen LogP contribution in [0.4, 0.5) is 0 Å². The second kappa shape index (κ2) is 22.8. The molecule has 1 radical (unpaired) electrons. The van der Waals surface area contributed by atoms with Crippen molar-refractivity contribution in [1.29, 1.82) is 0 Å². The average molecular weight is 552 g/mol. The Hall–Kier alpha value is -2.95. The first-order valence-electron chi connectivity index (χ1n) is 10.1. The minimum Gasteiger partial charge on any atom is -0.549 e. The van der Waals surface area contributed by atoms with Crippen molar-refractivity contribution >= 4 is 41.8 Å². The maximum Gasteiger partial charge on any atom is 2.00 e. The summed E-state index contributed by atoms with van der Waals surface area (Å²) in [6, 6.07) is -1.99. The Morgan fingerprint density at radius 3 is 1.86 bits per heavy atom. The van der Waals surface area contributed by atoms with Crippen molar-refractivity contribution in [2.75, 3.05) is 32.7 Å². The number of carbonyl (C=O) groups is 5. The normalized spacial score (nSPS) is 12.7. The van der Waals surface area contributed by atoms with E-state index in [4.69, 9.17) is 31.3 Å². The number of carboxylic acids is 3. The molecule has 0 saturated heterocycles. The number of nitrogens with one attached hydrogen (secondary N) is 2. The van der Waals surface area contributed by atoms with Crippen molar-refractivity contribution in [2.24, 2.45) is 32.9 Å². The summed E-state index contributed by atoms with van der Waals surface area (Å²) in [5.41, 5.74) is 20.3. The Kier molecular flexibility index (Phi) is 23.9. The Labute approximate surface area is 212 Å². The monoisotopic (exact) mass is 551 g/mol. The topological polar surface area (TPSA) is 305 Å². The summed E-state index contributed by atoms with van der Waals surface area (Å²) in [7, 11) is 0. The number of amides is 2. The average Bonchev–Trinajstić information content (AvgIpc) is 3.31. The summed E-state index contributed by atoms with van der Waals surface area (Å²) in [6.07, 6.45) is 3.03. The molecule has 11 N–H and O–H groups in total. The van der Waals surface area contributed by atoms with Gasteiger partial charge in [0.15, 0.2) is 0 Å². The third kappa shape index (κ3) is 21.3. The summed E-state index contributed by atoms with van der Waals surface area (Å²) in [6.45, 7) is -0.248. The number of aliphatic carboxylic acids is 3. The van der Waals surface area contributed by atoms with Crippen LogP contribution >= 0.6 is 0 Å². The van der Waals surface area contributed by atoms with Gasteiger partial charge in [-0.05, 0) is 25.8 Å². The fourth-order valence-corrected chi connectivity index (χ4v) is 2.15. The Balaban J connectivity index is -0.000000784. The summed E-state index contributed by atoms with van der Waals surface area (Å²) in [4.78, 5) is 61.3. The maximum absolute atomic E-state index is 12.4. The van der Waals surface area contributed by atoms with Crippen LogP contribution in [0.15, 0.2) is 9.98 Å². The third-order valence-electron chi connectivity index (χ3n) is 3.77. The van der Waals surface area contributed by atoms with E-state index < -0.39 is 41.8 Å². The van der Waals surface area contributed by atoms with Crippen LogP contribution in [0.1, 0.15) is 25.7 Å². The number of rotatable bonds is 13. The quantitative estimate of drug-likeness (QED) is 0.0829. The molecule has 0 aromatic heterocycles. The molecule has 0 spiro atoms. The van der Waals surface area contributed by atoms with Gasteiger partial charge in [0.2, 0.25) is 11.8 Å². The summed E-state index contributed by atoms with van der Waals surface area (Å²) in [5.74, 6) is -4.67. The second-order valence-corrected chi connectivity index (χ2v) is 6.52. The van der Waals surface area contributed by atoms with Crippen molar-refractivity contribution in [3.8, 4) is 0 Å². The molecule has 1 heterocycles. The third-order valence-corrected chi connectivity index (χ3v) is 3.77. The zero-order chi connectivity index (χ0) is 26.5. The molecule has 0 aromatic carbocycles. The molecule has 2 atom stereocenters. The molecule has 0 bridgehead atoms. The second-order valence-electron chi connectivity index (χ2n) is 6.52. The van der Waals surface area contributed by atoms with Crippen LogP contribution in [0.3, 0.4) is 0 Å².